The van der Waals surface area contributed by atoms with Crippen molar-refractivity contribution in [1.29, 1.82) is 0 Å². The fourth-order valence-electron chi connectivity index (χ4n) is 4.19. The molecule has 0 aromatic heterocycles. The van der Waals surface area contributed by atoms with Gasteiger partial charge in [-0.3, -0.25) is 0 Å². The molecule has 0 bridgehead atoms. The van der Waals surface area contributed by atoms with E-state index in [0.29, 0.717) is 6.54 Å². The second-order valence-corrected chi connectivity index (χ2v) is 12.7. The zero-order chi connectivity index (χ0) is 22.9. The molecule has 0 heterocycles. The van der Waals surface area contributed by atoms with Gasteiger partial charge in [-0.05, 0) is 13.3 Å². The first-order valence-corrected chi connectivity index (χ1v) is 14.5. The third kappa shape index (κ3) is 22.2. The standard InChI is InChI=1S/C25H55N2O2S.HI/c1-7-9-10-11-12-13-14-15-16-17-18-19-20-21-22-30(28,29)26-23-25(3,4)24-27(5,6)8-2;/h26H,7-24H2,1-6H3;1H/q+1;/p-1. The molecule has 0 amide bonds. The molecule has 1 N–H and O–H groups in total. The van der Waals surface area contributed by atoms with Gasteiger partial charge in [-0.1, -0.05) is 104 Å². The van der Waals surface area contributed by atoms with E-state index >= 15 is 0 Å². The Morgan fingerprint density at radius 3 is 1.48 bits per heavy atom. The minimum absolute atomic E-state index is 0. The van der Waals surface area contributed by atoms with E-state index in [0.717, 1.165) is 30.4 Å². The van der Waals surface area contributed by atoms with Gasteiger partial charge >= 0.3 is 0 Å². The lowest BCUT2D eigenvalue weighted by Gasteiger charge is -2.36. The van der Waals surface area contributed by atoms with Crippen LogP contribution in [0.4, 0.5) is 0 Å². The van der Waals surface area contributed by atoms with E-state index in [9.17, 15) is 8.42 Å². The lowest BCUT2D eigenvalue weighted by molar-refractivity contribution is -0.894. The maximum atomic E-state index is 12.3. The fourth-order valence-corrected chi connectivity index (χ4v) is 5.53. The highest BCUT2D eigenvalue weighted by Crippen LogP contribution is 2.19. The van der Waals surface area contributed by atoms with Crippen LogP contribution >= 0.6 is 0 Å². The van der Waals surface area contributed by atoms with Gasteiger partial charge in [0.2, 0.25) is 10.0 Å². The molecule has 190 valence electrons. The first-order valence-electron chi connectivity index (χ1n) is 12.8. The molecule has 0 rings (SSSR count). The zero-order valence-electron chi connectivity index (χ0n) is 21.8. The molecule has 0 fully saturated rings. The molecule has 0 unspecified atom stereocenters. The van der Waals surface area contributed by atoms with Gasteiger partial charge in [-0.15, -0.1) is 0 Å². The fraction of sp³-hybridized carbons (Fsp3) is 1.00. The molecule has 4 nitrogen and oxygen atoms in total. The van der Waals surface area contributed by atoms with Crippen LogP contribution in [0.1, 0.15) is 118 Å². The van der Waals surface area contributed by atoms with E-state index in [2.05, 4.69) is 46.5 Å². The van der Waals surface area contributed by atoms with E-state index in [4.69, 9.17) is 0 Å². The number of nitrogens with one attached hydrogen (secondary N) is 1. The molecular weight excluding hydrogens is 519 g/mol. The molecule has 6 heteroatoms. The number of rotatable bonds is 21. The number of unbranched alkanes of at least 4 members (excludes halogenated alkanes) is 13. The van der Waals surface area contributed by atoms with Crippen LogP contribution in [-0.4, -0.2) is 52.4 Å². The number of quaternary nitrogens is 1. The Morgan fingerprint density at radius 1 is 0.710 bits per heavy atom. The molecule has 0 spiro atoms. The average Bonchev–Trinajstić information content (AvgIpc) is 2.66. The summed E-state index contributed by atoms with van der Waals surface area (Å²) in [5.74, 6) is 0.271. The first-order chi connectivity index (χ1) is 14.0. The smallest absolute Gasteiger partial charge is 0.211 e. The van der Waals surface area contributed by atoms with Gasteiger partial charge in [-0.2, -0.15) is 0 Å². The third-order valence-electron chi connectivity index (χ3n) is 6.25. The van der Waals surface area contributed by atoms with Crippen molar-refractivity contribution in [3.8, 4) is 0 Å². The van der Waals surface area contributed by atoms with Crippen molar-refractivity contribution in [2.24, 2.45) is 5.41 Å². The first kappa shape index (κ1) is 33.8. The molecule has 0 aliphatic rings. The van der Waals surface area contributed by atoms with Crippen LogP contribution in [-0.2, 0) is 10.0 Å². The summed E-state index contributed by atoms with van der Waals surface area (Å²) in [6.45, 7) is 11.3. The maximum Gasteiger partial charge on any atom is 0.211 e. The topological polar surface area (TPSA) is 46.2 Å². The highest BCUT2D eigenvalue weighted by atomic mass is 127. The monoisotopic (exact) mass is 574 g/mol. The van der Waals surface area contributed by atoms with Crippen molar-refractivity contribution in [2.45, 2.75) is 118 Å². The van der Waals surface area contributed by atoms with Crippen LogP contribution in [0.25, 0.3) is 0 Å². The Bertz CT molecular complexity index is 508. The number of sulfonamides is 1. The molecule has 31 heavy (non-hydrogen) atoms. The lowest BCUT2D eigenvalue weighted by Crippen LogP contribution is -3.00. The summed E-state index contributed by atoms with van der Waals surface area (Å²) in [4.78, 5) is 0. The second kappa shape index (κ2) is 19.0. The van der Waals surface area contributed by atoms with Crippen molar-refractivity contribution >= 4 is 10.0 Å². The third-order valence-corrected chi connectivity index (χ3v) is 7.66. The minimum atomic E-state index is -3.15. The number of halogens is 1. The highest BCUT2D eigenvalue weighted by molar-refractivity contribution is 7.89. The predicted molar refractivity (Wildman–Crippen MR) is 133 cm³/mol. The van der Waals surface area contributed by atoms with Crippen molar-refractivity contribution in [3.63, 3.8) is 0 Å². The van der Waals surface area contributed by atoms with Crippen LogP contribution in [0, 0.1) is 5.41 Å². The van der Waals surface area contributed by atoms with E-state index < -0.39 is 10.0 Å². The Balaban J connectivity index is 0. The van der Waals surface area contributed by atoms with Crippen molar-refractivity contribution < 1.29 is 36.9 Å². The van der Waals surface area contributed by atoms with Crippen LogP contribution in [0.15, 0.2) is 0 Å². The van der Waals surface area contributed by atoms with Gasteiger partial charge in [-0.25, -0.2) is 13.1 Å². The number of hydrogen-bond donors (Lipinski definition) is 1. The highest BCUT2D eigenvalue weighted by Gasteiger charge is 2.28. The summed E-state index contributed by atoms with van der Waals surface area (Å²) in [6.07, 6.45) is 18.0. The van der Waals surface area contributed by atoms with E-state index in [1.807, 2.05) is 0 Å². The van der Waals surface area contributed by atoms with Gasteiger partial charge < -0.3 is 28.5 Å². The summed E-state index contributed by atoms with van der Waals surface area (Å²) in [5, 5.41) is 0. The van der Waals surface area contributed by atoms with Gasteiger partial charge in [0.25, 0.3) is 0 Å². The van der Waals surface area contributed by atoms with Crippen molar-refractivity contribution in [2.75, 3.05) is 39.5 Å². The molecule has 0 aliphatic heterocycles. The Hall–Kier alpha value is 0.600. The summed E-state index contributed by atoms with van der Waals surface area (Å²) in [5.41, 5.74) is -0.0396. The van der Waals surface area contributed by atoms with Gasteiger partial charge in [0.1, 0.15) is 0 Å². The van der Waals surface area contributed by atoms with E-state index in [1.54, 1.807) is 0 Å². The number of nitrogens with zero attached hydrogens (tertiary/aromatic N) is 1. The molecule has 0 radical (unpaired) electrons. The minimum Gasteiger partial charge on any atom is -1.00 e. The van der Waals surface area contributed by atoms with Crippen molar-refractivity contribution in [3.05, 3.63) is 0 Å². The van der Waals surface area contributed by atoms with Gasteiger partial charge in [0, 0.05) is 12.0 Å². The van der Waals surface area contributed by atoms with Crippen LogP contribution in [0.3, 0.4) is 0 Å². The van der Waals surface area contributed by atoms with E-state index in [1.165, 1.54) is 77.0 Å². The van der Waals surface area contributed by atoms with Gasteiger partial charge in [0.05, 0.1) is 32.9 Å². The van der Waals surface area contributed by atoms with E-state index in [-0.39, 0.29) is 35.1 Å². The molecule has 0 saturated carbocycles. The van der Waals surface area contributed by atoms with Gasteiger partial charge in [0.15, 0.2) is 0 Å². The SMILES string of the molecule is CCCCCCCCCCCCCCCCS(=O)(=O)NCC(C)(C)C[N+](C)(C)CC.[I-]. The Labute approximate surface area is 213 Å². The normalized spacial score (nSPS) is 12.7. The molecule has 0 aliphatic carbocycles. The number of hydrogen-bond acceptors (Lipinski definition) is 2. The quantitative estimate of drug-likeness (QED) is 0.130. The lowest BCUT2D eigenvalue weighted by atomic mass is 9.92. The second-order valence-electron chi connectivity index (χ2n) is 10.8. The maximum absolute atomic E-state index is 12.3. The van der Waals surface area contributed by atoms with Crippen molar-refractivity contribution in [1.82, 2.24) is 4.72 Å². The van der Waals surface area contributed by atoms with Crippen LogP contribution in [0.2, 0.25) is 0 Å². The summed E-state index contributed by atoms with van der Waals surface area (Å²) < 4.78 is 28.4. The summed E-state index contributed by atoms with van der Waals surface area (Å²) in [6, 6.07) is 0. The zero-order valence-corrected chi connectivity index (χ0v) is 24.8. The molecular formula is C25H55IN2O2S. The Kier molecular flexibility index (Phi) is 20.7. The molecule has 0 saturated heterocycles. The Morgan fingerprint density at radius 2 is 1.10 bits per heavy atom. The van der Waals surface area contributed by atoms with Crippen LogP contribution < -0.4 is 28.7 Å². The predicted octanol–water partition coefficient (Wildman–Crippen LogP) is 3.51. The summed E-state index contributed by atoms with van der Waals surface area (Å²) in [7, 11) is 1.25. The molecule has 0 atom stereocenters. The largest absolute Gasteiger partial charge is 1.00 e. The summed E-state index contributed by atoms with van der Waals surface area (Å²) >= 11 is 0. The average molecular weight is 575 g/mol. The molecule has 0 aromatic rings. The molecule has 0 aromatic carbocycles. The van der Waals surface area contributed by atoms with Crippen LogP contribution in [0.5, 0.6) is 0 Å².